The van der Waals surface area contributed by atoms with Crippen LogP contribution < -0.4 is 0 Å². The van der Waals surface area contributed by atoms with Crippen molar-refractivity contribution in [3.05, 3.63) is 42.2 Å². The van der Waals surface area contributed by atoms with Gasteiger partial charge in [0.05, 0.1) is 5.52 Å². The van der Waals surface area contributed by atoms with E-state index in [1.807, 2.05) is 0 Å². The zero-order valence-corrected chi connectivity index (χ0v) is 9.18. The SMILES string of the molecule is Oc1ccc(-c2nc3c(F)cccc3[nH]2)cc1O. The second kappa shape index (κ2) is 3.73. The Balaban J connectivity index is 2.19. The largest absolute Gasteiger partial charge is 0.504 e. The third-order valence-electron chi connectivity index (χ3n) is 2.71. The summed E-state index contributed by atoms with van der Waals surface area (Å²) in [7, 11) is 0. The van der Waals surface area contributed by atoms with Gasteiger partial charge in [-0.05, 0) is 30.3 Å². The van der Waals surface area contributed by atoms with E-state index in [4.69, 9.17) is 0 Å². The summed E-state index contributed by atoms with van der Waals surface area (Å²) in [6, 6.07) is 8.95. The molecule has 3 aromatic rings. The zero-order valence-electron chi connectivity index (χ0n) is 9.18. The quantitative estimate of drug-likeness (QED) is 0.576. The van der Waals surface area contributed by atoms with Gasteiger partial charge in [-0.25, -0.2) is 9.37 Å². The molecule has 0 saturated carbocycles. The van der Waals surface area contributed by atoms with Gasteiger partial charge in [-0.3, -0.25) is 0 Å². The molecule has 18 heavy (non-hydrogen) atoms. The molecule has 0 atom stereocenters. The van der Waals surface area contributed by atoms with Crippen LogP contribution in [0.5, 0.6) is 11.5 Å². The number of phenolic OH excluding ortho intramolecular Hbond substituents is 2. The third-order valence-corrected chi connectivity index (χ3v) is 2.71. The highest BCUT2D eigenvalue weighted by molar-refractivity contribution is 5.80. The number of aromatic hydroxyl groups is 2. The maximum atomic E-state index is 13.5. The summed E-state index contributed by atoms with van der Waals surface area (Å²) in [6.45, 7) is 0. The van der Waals surface area contributed by atoms with Gasteiger partial charge >= 0.3 is 0 Å². The predicted octanol–water partition coefficient (Wildman–Crippen LogP) is 2.78. The van der Waals surface area contributed by atoms with Gasteiger partial charge in [0.2, 0.25) is 0 Å². The first-order valence-corrected chi connectivity index (χ1v) is 5.32. The second-order valence-electron chi connectivity index (χ2n) is 3.92. The molecule has 3 N–H and O–H groups in total. The molecular formula is C13H9FN2O2. The molecule has 0 unspecified atom stereocenters. The lowest BCUT2D eigenvalue weighted by molar-refractivity contribution is 0.404. The number of hydrogen-bond donors (Lipinski definition) is 3. The molecule has 2 aromatic carbocycles. The van der Waals surface area contributed by atoms with Gasteiger partial charge in [0, 0.05) is 5.56 Å². The smallest absolute Gasteiger partial charge is 0.158 e. The van der Waals surface area contributed by atoms with Crippen molar-refractivity contribution in [2.45, 2.75) is 0 Å². The lowest BCUT2D eigenvalue weighted by atomic mass is 10.2. The van der Waals surface area contributed by atoms with Crippen LogP contribution in [0.4, 0.5) is 4.39 Å². The van der Waals surface area contributed by atoms with Crippen molar-refractivity contribution < 1.29 is 14.6 Å². The molecule has 0 aliphatic rings. The maximum Gasteiger partial charge on any atom is 0.158 e. The lowest BCUT2D eigenvalue weighted by Gasteiger charge is -1.99. The maximum absolute atomic E-state index is 13.5. The van der Waals surface area contributed by atoms with E-state index in [0.29, 0.717) is 16.9 Å². The molecule has 0 aliphatic heterocycles. The Kier molecular flexibility index (Phi) is 2.19. The number of aromatic amines is 1. The molecule has 0 bridgehead atoms. The summed E-state index contributed by atoms with van der Waals surface area (Å²) in [5, 5.41) is 18.7. The highest BCUT2D eigenvalue weighted by atomic mass is 19.1. The van der Waals surface area contributed by atoms with E-state index in [0.717, 1.165) is 0 Å². The van der Waals surface area contributed by atoms with Crippen molar-refractivity contribution in [2.24, 2.45) is 0 Å². The first-order chi connectivity index (χ1) is 8.65. The van der Waals surface area contributed by atoms with Gasteiger partial charge in [-0.2, -0.15) is 0 Å². The zero-order chi connectivity index (χ0) is 12.7. The summed E-state index contributed by atoms with van der Waals surface area (Å²) in [5.74, 6) is -0.419. The number of H-pyrrole nitrogens is 1. The standard InChI is InChI=1S/C13H9FN2O2/c14-8-2-1-3-9-12(8)16-13(15-9)7-4-5-10(17)11(18)6-7/h1-6,17-18H,(H,15,16). The molecule has 0 amide bonds. The number of rotatable bonds is 1. The minimum absolute atomic E-state index is 0.207. The van der Waals surface area contributed by atoms with E-state index in [9.17, 15) is 14.6 Å². The number of aromatic nitrogens is 2. The molecule has 3 rings (SSSR count). The Morgan fingerprint density at radius 2 is 1.89 bits per heavy atom. The Labute approximate surface area is 101 Å². The number of nitrogens with one attached hydrogen (secondary N) is 1. The minimum atomic E-state index is -0.405. The average Bonchev–Trinajstić information content (AvgIpc) is 2.78. The summed E-state index contributed by atoms with van der Waals surface area (Å²) < 4.78 is 13.5. The van der Waals surface area contributed by atoms with Crippen LogP contribution in [0.15, 0.2) is 36.4 Å². The van der Waals surface area contributed by atoms with Gasteiger partial charge in [0.1, 0.15) is 11.3 Å². The normalized spacial score (nSPS) is 10.9. The Bertz CT molecular complexity index is 737. The van der Waals surface area contributed by atoms with Crippen LogP contribution >= 0.6 is 0 Å². The first kappa shape index (κ1) is 10.6. The molecule has 0 fully saturated rings. The van der Waals surface area contributed by atoms with Gasteiger partial charge in [-0.15, -0.1) is 0 Å². The monoisotopic (exact) mass is 244 g/mol. The van der Waals surface area contributed by atoms with Crippen LogP contribution in [0.3, 0.4) is 0 Å². The number of phenols is 2. The minimum Gasteiger partial charge on any atom is -0.504 e. The van der Waals surface area contributed by atoms with Crippen LogP contribution in [0.2, 0.25) is 0 Å². The Hall–Kier alpha value is -2.56. The summed E-state index contributed by atoms with van der Waals surface area (Å²) in [6.07, 6.45) is 0. The summed E-state index contributed by atoms with van der Waals surface area (Å²) in [4.78, 5) is 7.09. The van der Waals surface area contributed by atoms with Gasteiger partial charge < -0.3 is 15.2 Å². The molecular weight excluding hydrogens is 235 g/mol. The van der Waals surface area contributed by atoms with Gasteiger partial charge in [-0.1, -0.05) is 6.07 Å². The van der Waals surface area contributed by atoms with E-state index in [-0.39, 0.29) is 17.0 Å². The Morgan fingerprint density at radius 3 is 2.61 bits per heavy atom. The number of fused-ring (bicyclic) bond motifs is 1. The molecule has 90 valence electrons. The highest BCUT2D eigenvalue weighted by Crippen LogP contribution is 2.30. The van der Waals surface area contributed by atoms with Crippen LogP contribution in [-0.4, -0.2) is 20.2 Å². The number of hydrogen-bond acceptors (Lipinski definition) is 3. The highest BCUT2D eigenvalue weighted by Gasteiger charge is 2.10. The van der Waals surface area contributed by atoms with Gasteiger partial charge in [0.25, 0.3) is 0 Å². The van der Waals surface area contributed by atoms with Gasteiger partial charge in [0.15, 0.2) is 17.3 Å². The molecule has 1 aromatic heterocycles. The Morgan fingerprint density at radius 1 is 1.06 bits per heavy atom. The van der Waals surface area contributed by atoms with Crippen molar-refractivity contribution >= 4 is 11.0 Å². The first-order valence-electron chi connectivity index (χ1n) is 5.32. The fraction of sp³-hybridized carbons (Fsp3) is 0. The predicted molar refractivity (Wildman–Crippen MR) is 64.8 cm³/mol. The molecule has 0 radical (unpaired) electrons. The molecule has 0 saturated heterocycles. The molecule has 1 heterocycles. The van der Waals surface area contributed by atoms with Crippen molar-refractivity contribution in [1.82, 2.24) is 9.97 Å². The third kappa shape index (κ3) is 1.57. The molecule has 4 nitrogen and oxygen atoms in total. The van der Waals surface area contributed by atoms with Crippen molar-refractivity contribution in [1.29, 1.82) is 0 Å². The number of halogens is 1. The van der Waals surface area contributed by atoms with Crippen LogP contribution in [-0.2, 0) is 0 Å². The van der Waals surface area contributed by atoms with Crippen LogP contribution in [0.25, 0.3) is 22.4 Å². The van der Waals surface area contributed by atoms with E-state index >= 15 is 0 Å². The van der Waals surface area contributed by atoms with E-state index in [2.05, 4.69) is 9.97 Å². The molecule has 0 aliphatic carbocycles. The van der Waals surface area contributed by atoms with E-state index < -0.39 is 5.82 Å². The van der Waals surface area contributed by atoms with Crippen molar-refractivity contribution in [2.75, 3.05) is 0 Å². The van der Waals surface area contributed by atoms with E-state index in [1.165, 1.54) is 18.2 Å². The number of para-hydroxylation sites is 1. The fourth-order valence-corrected chi connectivity index (χ4v) is 1.80. The van der Waals surface area contributed by atoms with Crippen molar-refractivity contribution in [3.63, 3.8) is 0 Å². The molecule has 5 heteroatoms. The van der Waals surface area contributed by atoms with Crippen molar-refractivity contribution in [3.8, 4) is 22.9 Å². The van der Waals surface area contributed by atoms with Crippen LogP contribution in [0.1, 0.15) is 0 Å². The molecule has 0 spiro atoms. The number of imidazole rings is 1. The second-order valence-corrected chi connectivity index (χ2v) is 3.92. The topological polar surface area (TPSA) is 69.1 Å². The van der Waals surface area contributed by atoms with E-state index in [1.54, 1.807) is 18.2 Å². The lowest BCUT2D eigenvalue weighted by Crippen LogP contribution is -1.80. The summed E-state index contributed by atoms with van der Waals surface area (Å²) in [5.41, 5.74) is 1.40. The van der Waals surface area contributed by atoms with Crippen LogP contribution in [0, 0.1) is 5.82 Å². The number of nitrogens with zero attached hydrogens (tertiary/aromatic N) is 1. The number of benzene rings is 2. The fourth-order valence-electron chi connectivity index (χ4n) is 1.80. The average molecular weight is 244 g/mol. The summed E-state index contributed by atoms with van der Waals surface area (Å²) >= 11 is 0.